The molecule has 0 fully saturated rings. The summed E-state index contributed by atoms with van der Waals surface area (Å²) in [5.74, 6) is 0. The van der Waals surface area contributed by atoms with Crippen molar-refractivity contribution >= 4 is 10.1 Å². The van der Waals surface area contributed by atoms with E-state index in [1.165, 1.54) is 186 Å². The van der Waals surface area contributed by atoms with Crippen LogP contribution in [0.1, 0.15) is 231 Å². The number of benzene rings is 1. The smallest absolute Gasteiger partial charge is 0.104 e. The molecule has 0 heterocycles. The minimum atomic E-state index is -4.40. The second-order valence-corrected chi connectivity index (χ2v) is 16.6. The summed E-state index contributed by atoms with van der Waals surface area (Å²) in [6.07, 6.45) is 44.6. The van der Waals surface area contributed by atoms with Gasteiger partial charge in [-0.05, 0) is 18.9 Å². The van der Waals surface area contributed by atoms with Crippen molar-refractivity contribution < 1.29 is 13.0 Å². The molecule has 0 saturated heterocycles. The van der Waals surface area contributed by atoms with Crippen LogP contribution in [0.2, 0.25) is 0 Å². The zero-order valence-corrected chi connectivity index (χ0v) is 32.7. The fourth-order valence-corrected chi connectivity index (χ4v) is 7.86. The normalized spacial score (nSPS) is 13.0. The first-order valence-corrected chi connectivity index (χ1v) is 21.8. The van der Waals surface area contributed by atoms with E-state index in [2.05, 4.69) is 6.92 Å². The maximum absolute atomic E-state index is 12.0. The van der Waals surface area contributed by atoms with E-state index >= 15 is 0 Å². The zero-order chi connectivity index (χ0) is 33.4. The number of quaternary nitrogens is 1. The summed E-state index contributed by atoms with van der Waals surface area (Å²) in [4.78, 5) is 0. The van der Waals surface area contributed by atoms with Gasteiger partial charge in [0.25, 0.3) is 0 Å². The van der Waals surface area contributed by atoms with Gasteiger partial charge in [0.05, 0.1) is 4.75 Å². The van der Waals surface area contributed by atoms with Crippen LogP contribution in [0.25, 0.3) is 0 Å². The molecule has 0 bridgehead atoms. The summed E-state index contributed by atoms with van der Waals surface area (Å²) in [5.41, 5.74) is 0.616. The van der Waals surface area contributed by atoms with Gasteiger partial charge in [0, 0.05) is 0 Å². The predicted octanol–water partition coefficient (Wildman–Crippen LogP) is 14.7. The van der Waals surface area contributed by atoms with Gasteiger partial charge < -0.3 is 10.7 Å². The summed E-state index contributed by atoms with van der Waals surface area (Å²) in [5, 5.41) is 0. The quantitative estimate of drug-likeness (QED) is 0.0571. The Kier molecular flexibility index (Phi) is 31.7. The van der Waals surface area contributed by atoms with Crippen molar-refractivity contribution in [1.82, 2.24) is 6.15 Å². The molecular weight excluding hydrogens is 599 g/mol. The van der Waals surface area contributed by atoms with Gasteiger partial charge in [0.15, 0.2) is 0 Å². The van der Waals surface area contributed by atoms with Crippen LogP contribution in [0.5, 0.6) is 0 Å². The molecule has 0 aliphatic heterocycles. The summed E-state index contributed by atoms with van der Waals surface area (Å²) in [6.45, 7) is 3.89. The molecule has 0 amide bonds. The van der Waals surface area contributed by atoms with Crippen molar-refractivity contribution in [2.24, 2.45) is 0 Å². The summed E-state index contributed by atoms with van der Waals surface area (Å²) >= 11 is 0. The Morgan fingerprint density at radius 3 is 0.915 bits per heavy atom. The molecule has 0 aliphatic rings. The van der Waals surface area contributed by atoms with E-state index in [0.717, 1.165) is 19.3 Å². The van der Waals surface area contributed by atoms with E-state index < -0.39 is 14.9 Å². The first kappa shape index (κ1) is 46.1. The van der Waals surface area contributed by atoms with Gasteiger partial charge in [-0.25, -0.2) is 8.42 Å². The van der Waals surface area contributed by atoms with Crippen LogP contribution in [0, 0.1) is 0 Å². The first-order chi connectivity index (χ1) is 22.4. The topological polar surface area (TPSA) is 93.7 Å². The van der Waals surface area contributed by atoms with Gasteiger partial charge in [-0.15, -0.1) is 0 Å². The third kappa shape index (κ3) is 25.7. The van der Waals surface area contributed by atoms with Gasteiger partial charge in [-0.3, -0.25) is 0 Å². The molecule has 1 unspecified atom stereocenters. The van der Waals surface area contributed by atoms with E-state index in [1.54, 1.807) is 19.1 Å². The zero-order valence-electron chi connectivity index (χ0n) is 31.9. The lowest BCUT2D eigenvalue weighted by Crippen LogP contribution is -2.32. The van der Waals surface area contributed by atoms with Gasteiger partial charge in [0.2, 0.25) is 0 Å². The fourth-order valence-electron chi connectivity index (χ4n) is 7.04. The number of hydrogen-bond donors (Lipinski definition) is 1. The van der Waals surface area contributed by atoms with Crippen molar-refractivity contribution in [1.29, 1.82) is 0 Å². The summed E-state index contributed by atoms with van der Waals surface area (Å²) < 4.78 is 34.7. The average Bonchev–Trinajstić information content (AvgIpc) is 3.05. The molecule has 5 heteroatoms. The molecule has 1 atom stereocenters. The summed E-state index contributed by atoms with van der Waals surface area (Å²) in [7, 11) is -4.40. The molecule has 1 aromatic carbocycles. The van der Waals surface area contributed by atoms with Crippen LogP contribution in [0.4, 0.5) is 0 Å². The third-order valence-electron chi connectivity index (χ3n) is 10.4. The monoisotopic (exact) mass is 680 g/mol. The molecule has 1 rings (SSSR count). The minimum absolute atomic E-state index is 0. The fraction of sp³-hybridized carbons (Fsp3) is 0.857. The molecular formula is C42H81NO3S. The first-order valence-electron chi connectivity index (χ1n) is 20.4. The highest BCUT2D eigenvalue weighted by atomic mass is 32.2. The molecule has 0 spiro atoms. The lowest BCUT2D eigenvalue weighted by molar-refractivity contribution is 0.400. The number of hydrogen-bond acceptors (Lipinski definition) is 3. The Morgan fingerprint density at radius 1 is 0.447 bits per heavy atom. The maximum Gasteiger partial charge on any atom is 0.104 e. The highest BCUT2D eigenvalue weighted by molar-refractivity contribution is 7.86. The minimum Gasteiger partial charge on any atom is -0.747 e. The van der Waals surface area contributed by atoms with Crippen molar-refractivity contribution in [2.75, 3.05) is 0 Å². The largest absolute Gasteiger partial charge is 0.747 e. The van der Waals surface area contributed by atoms with Crippen molar-refractivity contribution in [3.63, 3.8) is 0 Å². The molecule has 4 nitrogen and oxygen atoms in total. The second-order valence-electron chi connectivity index (χ2n) is 14.8. The molecule has 47 heavy (non-hydrogen) atoms. The highest BCUT2D eigenvalue weighted by Crippen LogP contribution is 2.35. The van der Waals surface area contributed by atoms with Gasteiger partial charge in [-0.1, -0.05) is 243 Å². The van der Waals surface area contributed by atoms with Crippen LogP contribution >= 0.6 is 0 Å². The number of rotatable bonds is 35. The molecule has 0 aliphatic carbocycles. The molecule has 0 radical (unpaired) electrons. The SMILES string of the molecule is CCCCCCCCCCCCCCCCCCCCCCCCCCCCCCCCCCC(C)(c1ccccc1)S(=O)(=O)[O-].[NH4+]. The second kappa shape index (κ2) is 32.3. The Balaban J connectivity index is 0.0000212. The Hall–Kier alpha value is -0.910. The van der Waals surface area contributed by atoms with Crippen LogP contribution in [0.3, 0.4) is 0 Å². The average molecular weight is 680 g/mol. The standard InChI is InChI=1S/C42H78O3S.H3N/c1-3-4-5-6-7-8-9-10-11-12-13-14-15-16-17-18-19-20-21-22-23-24-25-26-27-28-29-30-31-32-33-37-40-42(2,46(43,44)45)41-38-35-34-36-39-41;/h34-36,38-39H,3-33,37,40H2,1-2H3,(H,43,44,45);1H3. The van der Waals surface area contributed by atoms with E-state index in [0.29, 0.717) is 12.0 Å². The molecule has 4 N–H and O–H groups in total. The Bertz CT molecular complexity index is 875. The van der Waals surface area contributed by atoms with E-state index in [4.69, 9.17) is 0 Å². The molecule has 1 aromatic rings. The van der Waals surface area contributed by atoms with Crippen molar-refractivity contribution in [3.8, 4) is 0 Å². The molecule has 278 valence electrons. The molecule has 0 saturated carbocycles. The predicted molar refractivity (Wildman–Crippen MR) is 208 cm³/mol. The van der Waals surface area contributed by atoms with E-state index in [1.807, 2.05) is 18.2 Å². The van der Waals surface area contributed by atoms with Crippen LogP contribution < -0.4 is 6.15 Å². The van der Waals surface area contributed by atoms with Gasteiger partial charge in [0.1, 0.15) is 10.1 Å². The summed E-state index contributed by atoms with van der Waals surface area (Å²) in [6, 6.07) is 8.99. The van der Waals surface area contributed by atoms with Crippen LogP contribution in [-0.4, -0.2) is 13.0 Å². The lowest BCUT2D eigenvalue weighted by atomic mass is 9.93. The van der Waals surface area contributed by atoms with Crippen LogP contribution in [0.15, 0.2) is 30.3 Å². The van der Waals surface area contributed by atoms with Crippen molar-refractivity contribution in [3.05, 3.63) is 35.9 Å². The van der Waals surface area contributed by atoms with E-state index in [9.17, 15) is 13.0 Å². The Labute approximate surface area is 294 Å². The van der Waals surface area contributed by atoms with Crippen LogP contribution in [-0.2, 0) is 14.9 Å². The third-order valence-corrected chi connectivity index (χ3v) is 12.0. The highest BCUT2D eigenvalue weighted by Gasteiger charge is 2.33. The maximum atomic E-state index is 12.0. The Morgan fingerprint density at radius 2 is 0.681 bits per heavy atom. The number of unbranched alkanes of at least 4 members (excludes halogenated alkanes) is 31. The van der Waals surface area contributed by atoms with Gasteiger partial charge >= 0.3 is 0 Å². The van der Waals surface area contributed by atoms with E-state index in [-0.39, 0.29) is 6.15 Å². The van der Waals surface area contributed by atoms with Crippen molar-refractivity contribution in [2.45, 2.75) is 230 Å². The molecule has 0 aromatic heterocycles. The lowest BCUT2D eigenvalue weighted by Gasteiger charge is -2.33. The van der Waals surface area contributed by atoms with Gasteiger partial charge in [-0.2, -0.15) is 0 Å².